The third-order valence-corrected chi connectivity index (χ3v) is 4.30. The molecule has 3 rings (SSSR count). The highest BCUT2D eigenvalue weighted by Gasteiger charge is 2.33. The average Bonchev–Trinajstić information content (AvgIpc) is 2.68. The summed E-state index contributed by atoms with van der Waals surface area (Å²) in [5, 5.41) is 3.00. The van der Waals surface area contributed by atoms with Gasteiger partial charge in [-0.2, -0.15) is 0 Å². The van der Waals surface area contributed by atoms with Crippen LogP contribution in [0, 0.1) is 5.92 Å². The molecule has 1 amide bonds. The van der Waals surface area contributed by atoms with E-state index in [9.17, 15) is 4.79 Å². The van der Waals surface area contributed by atoms with Crippen molar-refractivity contribution in [3.05, 3.63) is 60.2 Å². The van der Waals surface area contributed by atoms with Crippen LogP contribution in [0.25, 0.3) is 0 Å². The van der Waals surface area contributed by atoms with Crippen molar-refractivity contribution in [2.75, 3.05) is 25.1 Å². The van der Waals surface area contributed by atoms with Crippen molar-refractivity contribution >= 4 is 24.0 Å². The Morgan fingerprint density at radius 1 is 1.15 bits per heavy atom. The molecule has 140 valence electrons. The third kappa shape index (κ3) is 5.21. The molecule has 2 atom stereocenters. The summed E-state index contributed by atoms with van der Waals surface area (Å²) < 4.78 is 11.4. The summed E-state index contributed by atoms with van der Waals surface area (Å²) in [5.41, 5.74) is 7.22. The smallest absolute Gasteiger partial charge is 0.230 e. The lowest BCUT2D eigenvalue weighted by Crippen LogP contribution is -2.33. The second-order valence-electron chi connectivity index (χ2n) is 6.10. The number of benzene rings is 2. The normalized spacial score (nSPS) is 19.3. The Kier molecular flexibility index (Phi) is 7.91. The van der Waals surface area contributed by atoms with E-state index < -0.39 is 0 Å². The van der Waals surface area contributed by atoms with Gasteiger partial charge in [-0.25, -0.2) is 0 Å². The van der Waals surface area contributed by atoms with Crippen molar-refractivity contribution < 1.29 is 14.3 Å². The molecule has 2 unspecified atom stereocenters. The molecule has 0 aliphatic carbocycles. The van der Waals surface area contributed by atoms with Crippen molar-refractivity contribution in [3.8, 4) is 5.75 Å². The third-order valence-electron chi connectivity index (χ3n) is 4.30. The predicted octanol–water partition coefficient (Wildman–Crippen LogP) is 3.55. The van der Waals surface area contributed by atoms with Crippen LogP contribution in [0.3, 0.4) is 0 Å². The highest BCUT2D eigenvalue weighted by molar-refractivity contribution is 5.93. The number of carbonyl (C=O) groups is 1. The molecule has 1 saturated heterocycles. The Morgan fingerprint density at radius 2 is 1.88 bits per heavy atom. The number of amides is 1. The maximum atomic E-state index is 12.8. The quantitative estimate of drug-likeness (QED) is 0.808. The first-order chi connectivity index (χ1) is 12.3. The maximum Gasteiger partial charge on any atom is 0.230 e. The van der Waals surface area contributed by atoms with E-state index in [1.807, 2.05) is 54.6 Å². The second kappa shape index (κ2) is 10.2. The van der Waals surface area contributed by atoms with Gasteiger partial charge in [-0.1, -0.05) is 30.3 Å². The topological polar surface area (TPSA) is 73.6 Å². The summed E-state index contributed by atoms with van der Waals surface area (Å²) in [6.07, 6.45) is 1.53. The van der Waals surface area contributed by atoms with E-state index in [0.717, 1.165) is 29.8 Å². The Bertz CT molecular complexity index is 679. The van der Waals surface area contributed by atoms with E-state index in [2.05, 4.69) is 5.32 Å². The van der Waals surface area contributed by atoms with Crippen LogP contribution in [0.15, 0.2) is 54.6 Å². The van der Waals surface area contributed by atoms with E-state index >= 15 is 0 Å². The van der Waals surface area contributed by atoms with Gasteiger partial charge in [-0.05, 0) is 42.7 Å². The molecule has 0 radical (unpaired) electrons. The van der Waals surface area contributed by atoms with E-state index in [0.29, 0.717) is 19.8 Å². The zero-order valence-corrected chi connectivity index (χ0v) is 15.4. The number of halogens is 1. The van der Waals surface area contributed by atoms with Gasteiger partial charge in [0.1, 0.15) is 12.4 Å². The second-order valence-corrected chi connectivity index (χ2v) is 6.10. The fourth-order valence-corrected chi connectivity index (χ4v) is 3.07. The van der Waals surface area contributed by atoms with E-state index in [4.69, 9.17) is 15.2 Å². The van der Waals surface area contributed by atoms with Crippen molar-refractivity contribution in [1.82, 2.24) is 0 Å². The first-order valence-electron chi connectivity index (χ1n) is 8.68. The molecular weight excluding hydrogens is 352 g/mol. The van der Waals surface area contributed by atoms with Crippen LogP contribution in [0.1, 0.15) is 24.5 Å². The molecule has 0 aromatic heterocycles. The van der Waals surface area contributed by atoms with Crippen LogP contribution >= 0.6 is 12.4 Å². The Hall–Kier alpha value is -2.08. The van der Waals surface area contributed by atoms with Crippen molar-refractivity contribution in [2.45, 2.75) is 18.9 Å². The molecule has 0 spiro atoms. The van der Waals surface area contributed by atoms with Gasteiger partial charge in [0.15, 0.2) is 0 Å². The van der Waals surface area contributed by atoms with E-state index in [1.54, 1.807) is 0 Å². The van der Waals surface area contributed by atoms with Gasteiger partial charge in [0.2, 0.25) is 5.91 Å². The predicted molar refractivity (Wildman–Crippen MR) is 105 cm³/mol. The molecule has 2 aromatic carbocycles. The molecular formula is C20H25ClN2O3. The minimum absolute atomic E-state index is 0. The van der Waals surface area contributed by atoms with Crippen LogP contribution in [-0.4, -0.2) is 25.7 Å². The molecule has 1 fully saturated rings. The molecule has 1 aliphatic heterocycles. The minimum atomic E-state index is -0.192. The highest BCUT2D eigenvalue weighted by atomic mass is 35.5. The summed E-state index contributed by atoms with van der Waals surface area (Å²) in [4.78, 5) is 12.8. The summed E-state index contributed by atoms with van der Waals surface area (Å²) in [6, 6.07) is 17.3. The molecule has 3 N–H and O–H groups in total. The number of hydrogen-bond donors (Lipinski definition) is 2. The van der Waals surface area contributed by atoms with Crippen LogP contribution < -0.4 is 15.8 Å². The van der Waals surface area contributed by atoms with Crippen LogP contribution in [0.5, 0.6) is 5.75 Å². The molecule has 1 heterocycles. The van der Waals surface area contributed by atoms with Gasteiger partial charge in [0.25, 0.3) is 0 Å². The first-order valence-corrected chi connectivity index (χ1v) is 8.68. The van der Waals surface area contributed by atoms with Crippen molar-refractivity contribution in [2.24, 2.45) is 11.7 Å². The number of nitrogens with two attached hydrogens (primary N) is 1. The summed E-state index contributed by atoms with van der Waals surface area (Å²) in [6.45, 7) is 1.64. The maximum absolute atomic E-state index is 12.8. The molecule has 5 nitrogen and oxygen atoms in total. The fourth-order valence-electron chi connectivity index (χ4n) is 3.07. The summed E-state index contributed by atoms with van der Waals surface area (Å²) >= 11 is 0. The van der Waals surface area contributed by atoms with Crippen LogP contribution in [0.4, 0.5) is 5.69 Å². The van der Waals surface area contributed by atoms with Gasteiger partial charge in [-0.3, -0.25) is 4.79 Å². The Labute approximate surface area is 160 Å². The number of carbonyl (C=O) groups excluding carboxylic acids is 1. The number of rotatable bonds is 6. The van der Waals surface area contributed by atoms with E-state index in [1.165, 1.54) is 0 Å². The van der Waals surface area contributed by atoms with Gasteiger partial charge in [0.05, 0.1) is 12.0 Å². The Morgan fingerprint density at radius 3 is 2.58 bits per heavy atom. The van der Waals surface area contributed by atoms with E-state index in [-0.39, 0.29) is 30.3 Å². The van der Waals surface area contributed by atoms with Gasteiger partial charge in [0, 0.05) is 18.8 Å². The van der Waals surface area contributed by atoms with Gasteiger partial charge >= 0.3 is 0 Å². The molecule has 26 heavy (non-hydrogen) atoms. The fraction of sp³-hybridized carbons (Fsp3) is 0.350. The summed E-state index contributed by atoms with van der Waals surface area (Å²) in [7, 11) is 0. The molecule has 6 heteroatoms. The monoisotopic (exact) mass is 376 g/mol. The van der Waals surface area contributed by atoms with Crippen molar-refractivity contribution in [3.63, 3.8) is 0 Å². The first kappa shape index (κ1) is 20.2. The Balaban J connectivity index is 0.00000243. The molecule has 0 bridgehead atoms. The highest BCUT2D eigenvalue weighted by Crippen LogP contribution is 2.34. The minimum Gasteiger partial charge on any atom is -0.492 e. The number of anilines is 1. The number of hydrogen-bond acceptors (Lipinski definition) is 4. The average molecular weight is 377 g/mol. The summed E-state index contributed by atoms with van der Waals surface area (Å²) in [5.74, 6) is 0.542. The lowest BCUT2D eigenvalue weighted by atomic mass is 9.88. The van der Waals surface area contributed by atoms with Crippen molar-refractivity contribution in [1.29, 1.82) is 0 Å². The van der Waals surface area contributed by atoms with Gasteiger partial charge < -0.3 is 20.5 Å². The molecule has 1 aliphatic rings. The van der Waals surface area contributed by atoms with Gasteiger partial charge in [-0.15, -0.1) is 12.4 Å². The molecule has 0 saturated carbocycles. The molecule has 2 aromatic rings. The lowest BCUT2D eigenvalue weighted by Gasteiger charge is -2.31. The largest absolute Gasteiger partial charge is 0.492 e. The zero-order chi connectivity index (χ0) is 17.5. The standard InChI is InChI=1S/C20H24N2O3.ClH/c21-12-14-24-17-10-8-16(9-11-17)22-20(23)18-7-4-13-25-19(18)15-5-2-1-3-6-15;/h1-3,5-6,8-11,18-19H,4,7,12-14,21H2,(H,22,23);1H. The lowest BCUT2D eigenvalue weighted by molar-refractivity contribution is -0.129. The van der Waals surface area contributed by atoms with Crippen LogP contribution in [0.2, 0.25) is 0 Å². The number of ether oxygens (including phenoxy) is 2. The van der Waals surface area contributed by atoms with Crippen LogP contribution in [-0.2, 0) is 9.53 Å². The number of nitrogens with one attached hydrogen (secondary N) is 1. The zero-order valence-electron chi connectivity index (χ0n) is 14.6. The SMILES string of the molecule is Cl.NCCOc1ccc(NC(=O)C2CCCOC2c2ccccc2)cc1.